The lowest BCUT2D eigenvalue weighted by atomic mass is 9.95. The van der Waals surface area contributed by atoms with Crippen LogP contribution in [0.1, 0.15) is 52.8 Å². The summed E-state index contributed by atoms with van der Waals surface area (Å²) in [7, 11) is 0. The van der Waals surface area contributed by atoms with Gasteiger partial charge in [-0.3, -0.25) is 0 Å². The lowest BCUT2D eigenvalue weighted by Gasteiger charge is -2.15. The van der Waals surface area contributed by atoms with Crippen LogP contribution < -0.4 is 0 Å². The van der Waals surface area contributed by atoms with E-state index in [1.54, 1.807) is 38.1 Å². The van der Waals surface area contributed by atoms with Crippen molar-refractivity contribution >= 4 is 11.9 Å². The number of benzene rings is 3. The fourth-order valence-electron chi connectivity index (χ4n) is 3.98. The Morgan fingerprint density at radius 1 is 0.625 bits per heavy atom. The van der Waals surface area contributed by atoms with E-state index in [1.807, 2.05) is 36.4 Å². The van der Waals surface area contributed by atoms with E-state index in [0.29, 0.717) is 36.0 Å². The van der Waals surface area contributed by atoms with Gasteiger partial charge in [-0.1, -0.05) is 73.8 Å². The second-order valence-corrected chi connectivity index (χ2v) is 9.84. The number of alkyl halides is 3. The van der Waals surface area contributed by atoms with E-state index in [4.69, 9.17) is 9.47 Å². The first kappa shape index (κ1) is 30.4. The van der Waals surface area contributed by atoms with Crippen LogP contribution in [0.5, 0.6) is 0 Å². The molecule has 0 aromatic heterocycles. The summed E-state index contributed by atoms with van der Waals surface area (Å²) in [5.74, 6) is -0.923. The highest BCUT2D eigenvalue weighted by Gasteiger charge is 2.33. The van der Waals surface area contributed by atoms with Gasteiger partial charge in [0.1, 0.15) is 13.2 Å². The molecular formula is C33H33F3O4. The van der Waals surface area contributed by atoms with E-state index in [0.717, 1.165) is 22.3 Å². The Morgan fingerprint density at radius 3 is 1.43 bits per heavy atom. The summed E-state index contributed by atoms with van der Waals surface area (Å²) in [5.41, 5.74) is 4.39. The standard InChI is InChI=1S/C33H33F3O4/c1-22(2)31(37)39-20-27-11-6-24(7-12-27)5-10-26-16-18-29(30(19-26)33(34,35)36)17-15-25-8-13-28(14-9-25)21-40-32(38)23(3)4/h6-9,11-14,16,18-19H,1,3,5,10,15,17,20-21H2,2,4H3. The Morgan fingerprint density at radius 2 is 1.00 bits per heavy atom. The Bertz CT molecular complexity index is 1350. The Hall–Kier alpha value is -4.13. The van der Waals surface area contributed by atoms with Crippen molar-refractivity contribution in [1.29, 1.82) is 0 Å². The zero-order valence-electron chi connectivity index (χ0n) is 22.8. The van der Waals surface area contributed by atoms with Crippen molar-refractivity contribution in [3.8, 4) is 0 Å². The molecule has 0 fully saturated rings. The van der Waals surface area contributed by atoms with Crippen LogP contribution in [0.4, 0.5) is 13.2 Å². The first-order chi connectivity index (χ1) is 18.9. The molecular weight excluding hydrogens is 517 g/mol. The van der Waals surface area contributed by atoms with Crippen molar-refractivity contribution in [2.75, 3.05) is 0 Å². The molecule has 0 aliphatic heterocycles. The third-order valence-corrected chi connectivity index (χ3v) is 6.35. The summed E-state index contributed by atoms with van der Waals surface area (Å²) >= 11 is 0. The number of halogens is 3. The first-order valence-electron chi connectivity index (χ1n) is 12.9. The summed E-state index contributed by atoms with van der Waals surface area (Å²) in [4.78, 5) is 23.1. The average Bonchev–Trinajstić information content (AvgIpc) is 2.93. The quantitative estimate of drug-likeness (QED) is 0.173. The molecule has 4 nitrogen and oxygen atoms in total. The van der Waals surface area contributed by atoms with E-state index in [9.17, 15) is 22.8 Å². The second-order valence-electron chi connectivity index (χ2n) is 9.84. The topological polar surface area (TPSA) is 52.6 Å². The highest BCUT2D eigenvalue weighted by molar-refractivity contribution is 5.87. The first-order valence-corrected chi connectivity index (χ1v) is 12.9. The van der Waals surface area contributed by atoms with Gasteiger partial charge in [0.2, 0.25) is 0 Å². The summed E-state index contributed by atoms with van der Waals surface area (Å²) in [6, 6.07) is 19.3. The van der Waals surface area contributed by atoms with Gasteiger partial charge in [-0.15, -0.1) is 0 Å². The van der Waals surface area contributed by atoms with Crippen molar-refractivity contribution in [1.82, 2.24) is 0 Å². The van der Waals surface area contributed by atoms with Gasteiger partial charge < -0.3 is 9.47 Å². The molecule has 7 heteroatoms. The van der Waals surface area contributed by atoms with Gasteiger partial charge in [0.15, 0.2) is 0 Å². The van der Waals surface area contributed by atoms with Gasteiger partial charge >= 0.3 is 18.1 Å². The zero-order chi connectivity index (χ0) is 29.3. The van der Waals surface area contributed by atoms with Crippen LogP contribution in [-0.2, 0) is 64.1 Å². The molecule has 0 aliphatic rings. The minimum absolute atomic E-state index is 0.112. The van der Waals surface area contributed by atoms with Crippen LogP contribution in [0, 0.1) is 0 Å². The van der Waals surface area contributed by atoms with Crippen LogP contribution in [0.15, 0.2) is 91.0 Å². The Labute approximate surface area is 233 Å². The van der Waals surface area contributed by atoms with Gasteiger partial charge in [-0.2, -0.15) is 13.2 Å². The van der Waals surface area contributed by atoms with E-state index in [-0.39, 0.29) is 25.2 Å². The molecule has 3 aromatic rings. The number of rotatable bonds is 12. The maximum atomic E-state index is 13.9. The van der Waals surface area contributed by atoms with E-state index >= 15 is 0 Å². The maximum Gasteiger partial charge on any atom is 0.416 e. The van der Waals surface area contributed by atoms with E-state index in [1.165, 1.54) is 6.07 Å². The number of carbonyl (C=O) groups is 2. The third kappa shape index (κ3) is 9.26. The molecule has 3 rings (SSSR count). The number of hydrogen-bond acceptors (Lipinski definition) is 4. The van der Waals surface area contributed by atoms with Gasteiger partial charge in [0.05, 0.1) is 5.56 Å². The van der Waals surface area contributed by atoms with E-state index in [2.05, 4.69) is 13.2 Å². The Balaban J connectivity index is 1.58. The summed E-state index contributed by atoms with van der Waals surface area (Å²) in [5, 5.41) is 0. The summed E-state index contributed by atoms with van der Waals surface area (Å²) in [6.07, 6.45) is -2.72. The predicted molar refractivity (Wildman–Crippen MR) is 148 cm³/mol. The minimum atomic E-state index is -4.45. The lowest BCUT2D eigenvalue weighted by molar-refractivity contribution is -0.141. The van der Waals surface area contributed by atoms with Crippen molar-refractivity contribution in [3.05, 3.63) is 130 Å². The monoisotopic (exact) mass is 550 g/mol. The van der Waals surface area contributed by atoms with Crippen LogP contribution >= 0.6 is 0 Å². The maximum absolute atomic E-state index is 13.9. The minimum Gasteiger partial charge on any atom is -0.457 e. The molecule has 0 aliphatic carbocycles. The average molecular weight is 551 g/mol. The molecule has 40 heavy (non-hydrogen) atoms. The molecule has 210 valence electrons. The van der Waals surface area contributed by atoms with Gasteiger partial charge in [-0.05, 0) is 79.0 Å². The molecule has 0 bridgehead atoms. The summed E-state index contributed by atoms with van der Waals surface area (Å²) < 4.78 is 52.0. The number of ether oxygens (including phenoxy) is 2. The van der Waals surface area contributed by atoms with Crippen molar-refractivity contribution in [3.63, 3.8) is 0 Å². The SMILES string of the molecule is C=C(C)C(=O)OCc1ccc(CCc2ccc(CCc3ccc(COC(=O)C(=C)C)cc3)c(C(F)(F)F)c2)cc1. The normalized spacial score (nSPS) is 11.1. The molecule has 0 saturated heterocycles. The smallest absolute Gasteiger partial charge is 0.416 e. The molecule has 0 atom stereocenters. The molecule has 3 aromatic carbocycles. The number of carbonyl (C=O) groups excluding carboxylic acids is 2. The third-order valence-electron chi connectivity index (χ3n) is 6.35. The molecule has 0 saturated carbocycles. The van der Waals surface area contributed by atoms with Gasteiger partial charge in [0.25, 0.3) is 0 Å². The van der Waals surface area contributed by atoms with Crippen LogP contribution in [0.25, 0.3) is 0 Å². The lowest BCUT2D eigenvalue weighted by Crippen LogP contribution is -2.11. The van der Waals surface area contributed by atoms with Crippen LogP contribution in [0.2, 0.25) is 0 Å². The number of hydrogen-bond donors (Lipinski definition) is 0. The highest BCUT2D eigenvalue weighted by Crippen LogP contribution is 2.33. The fourth-order valence-corrected chi connectivity index (χ4v) is 3.98. The molecule has 0 spiro atoms. The van der Waals surface area contributed by atoms with Crippen molar-refractivity contribution in [2.45, 2.75) is 58.9 Å². The Kier molecular flexibility index (Phi) is 10.5. The predicted octanol–water partition coefficient (Wildman–Crippen LogP) is 7.51. The van der Waals surface area contributed by atoms with Crippen molar-refractivity contribution < 1.29 is 32.2 Å². The number of aryl methyl sites for hydroxylation is 4. The van der Waals surface area contributed by atoms with E-state index < -0.39 is 23.7 Å². The van der Waals surface area contributed by atoms with Gasteiger partial charge in [-0.25, -0.2) is 9.59 Å². The van der Waals surface area contributed by atoms with Crippen LogP contribution in [-0.4, -0.2) is 11.9 Å². The molecule has 0 unspecified atom stereocenters. The number of esters is 2. The second kappa shape index (κ2) is 13.8. The molecule has 0 heterocycles. The zero-order valence-corrected chi connectivity index (χ0v) is 22.8. The van der Waals surface area contributed by atoms with Gasteiger partial charge in [0, 0.05) is 11.1 Å². The molecule has 0 radical (unpaired) electrons. The molecule has 0 N–H and O–H groups in total. The molecule has 0 amide bonds. The fraction of sp³-hybridized carbons (Fsp3) is 0.273. The highest BCUT2D eigenvalue weighted by atomic mass is 19.4. The largest absolute Gasteiger partial charge is 0.457 e. The van der Waals surface area contributed by atoms with Crippen molar-refractivity contribution in [2.24, 2.45) is 0 Å². The van der Waals surface area contributed by atoms with Crippen LogP contribution in [0.3, 0.4) is 0 Å². The summed E-state index contributed by atoms with van der Waals surface area (Å²) in [6.45, 7) is 10.5.